The van der Waals surface area contributed by atoms with E-state index in [2.05, 4.69) is 34.0 Å². The zero-order chi connectivity index (χ0) is 18.2. The van der Waals surface area contributed by atoms with Crippen LogP contribution in [0.4, 0.5) is 4.39 Å². The summed E-state index contributed by atoms with van der Waals surface area (Å²) < 4.78 is 13.4. The molecular formula is C19H29FN4O. The van der Waals surface area contributed by atoms with Crippen molar-refractivity contribution in [2.75, 3.05) is 26.2 Å². The molecule has 0 aromatic heterocycles. The molecule has 3 N–H and O–H groups in total. The average molecular weight is 348 g/mol. The van der Waals surface area contributed by atoms with Crippen molar-refractivity contribution < 1.29 is 9.50 Å². The Hall–Kier alpha value is -2.08. The van der Waals surface area contributed by atoms with Gasteiger partial charge in [-0.15, -0.1) is 0 Å². The fourth-order valence-electron chi connectivity index (χ4n) is 2.95. The van der Waals surface area contributed by atoms with Crippen LogP contribution < -0.4 is 10.6 Å². The van der Waals surface area contributed by atoms with Crippen molar-refractivity contribution >= 4 is 5.96 Å². The van der Waals surface area contributed by atoms with Crippen LogP contribution in [0.15, 0.2) is 35.3 Å². The van der Waals surface area contributed by atoms with Crippen molar-refractivity contribution in [1.29, 1.82) is 0 Å². The number of benzene rings is 1. The van der Waals surface area contributed by atoms with Crippen molar-refractivity contribution in [1.82, 2.24) is 15.5 Å². The van der Waals surface area contributed by atoms with Crippen LogP contribution in [0.3, 0.4) is 0 Å². The molecule has 1 aliphatic heterocycles. The van der Waals surface area contributed by atoms with Crippen LogP contribution in [0.5, 0.6) is 5.75 Å². The third kappa shape index (κ3) is 6.38. The number of rotatable bonds is 6. The van der Waals surface area contributed by atoms with E-state index in [1.165, 1.54) is 17.7 Å². The predicted octanol–water partition coefficient (Wildman–Crippen LogP) is 2.63. The van der Waals surface area contributed by atoms with Gasteiger partial charge in [0.15, 0.2) is 17.5 Å². The van der Waals surface area contributed by atoms with Gasteiger partial charge < -0.3 is 15.7 Å². The maximum atomic E-state index is 13.4. The Kier molecular flexibility index (Phi) is 7.25. The molecule has 6 heteroatoms. The molecule has 0 amide bonds. The van der Waals surface area contributed by atoms with E-state index in [-0.39, 0.29) is 5.75 Å². The molecule has 1 fully saturated rings. The molecule has 1 heterocycles. The van der Waals surface area contributed by atoms with E-state index in [1.807, 2.05) is 6.92 Å². The molecule has 0 aliphatic carbocycles. The van der Waals surface area contributed by atoms with Crippen molar-refractivity contribution in [2.45, 2.75) is 39.3 Å². The van der Waals surface area contributed by atoms with Crippen LogP contribution in [0.2, 0.25) is 0 Å². The molecule has 0 spiro atoms. The smallest absolute Gasteiger partial charge is 0.191 e. The molecule has 5 nitrogen and oxygen atoms in total. The molecular weight excluding hydrogens is 319 g/mol. The molecule has 0 atom stereocenters. The van der Waals surface area contributed by atoms with Gasteiger partial charge in [0.05, 0.1) is 6.54 Å². The van der Waals surface area contributed by atoms with E-state index >= 15 is 0 Å². The lowest BCUT2D eigenvalue weighted by Crippen LogP contribution is -2.48. The van der Waals surface area contributed by atoms with Gasteiger partial charge >= 0.3 is 0 Å². The molecule has 138 valence electrons. The minimum atomic E-state index is -0.615. The van der Waals surface area contributed by atoms with Crippen LogP contribution in [0.25, 0.3) is 0 Å². The summed E-state index contributed by atoms with van der Waals surface area (Å²) in [4.78, 5) is 6.95. The third-order valence-corrected chi connectivity index (χ3v) is 4.20. The second-order valence-electron chi connectivity index (χ2n) is 6.63. The van der Waals surface area contributed by atoms with E-state index in [0.29, 0.717) is 12.6 Å². The number of phenols is 1. The zero-order valence-electron chi connectivity index (χ0n) is 15.2. The SMILES string of the molecule is C=C(C)CN1CCC(NC(=NCc2ccc(O)c(F)c2)NCC)CC1. The Morgan fingerprint density at radius 1 is 1.40 bits per heavy atom. The molecule has 1 aromatic carbocycles. The molecule has 1 saturated heterocycles. The number of nitrogens with zero attached hydrogens (tertiary/aromatic N) is 2. The fourth-order valence-corrected chi connectivity index (χ4v) is 2.95. The van der Waals surface area contributed by atoms with Gasteiger partial charge in [0, 0.05) is 32.2 Å². The lowest BCUT2D eigenvalue weighted by Gasteiger charge is -2.33. The van der Waals surface area contributed by atoms with Crippen molar-refractivity contribution in [3.63, 3.8) is 0 Å². The first-order chi connectivity index (χ1) is 12.0. The average Bonchev–Trinajstić information content (AvgIpc) is 2.57. The highest BCUT2D eigenvalue weighted by Gasteiger charge is 2.19. The second-order valence-corrected chi connectivity index (χ2v) is 6.63. The van der Waals surface area contributed by atoms with Crippen molar-refractivity contribution in [3.05, 3.63) is 41.7 Å². The third-order valence-electron chi connectivity index (χ3n) is 4.20. The minimum Gasteiger partial charge on any atom is -0.505 e. The first-order valence-electron chi connectivity index (χ1n) is 8.87. The fraction of sp³-hybridized carbons (Fsp3) is 0.526. The van der Waals surface area contributed by atoms with E-state index in [0.717, 1.165) is 50.5 Å². The lowest BCUT2D eigenvalue weighted by molar-refractivity contribution is 0.221. The molecule has 2 rings (SSSR count). The Balaban J connectivity index is 1.89. The highest BCUT2D eigenvalue weighted by molar-refractivity contribution is 5.80. The largest absolute Gasteiger partial charge is 0.505 e. The second kappa shape index (κ2) is 9.42. The number of piperidine rings is 1. The molecule has 0 unspecified atom stereocenters. The Bertz CT molecular complexity index is 609. The van der Waals surface area contributed by atoms with Crippen LogP contribution in [-0.4, -0.2) is 48.2 Å². The number of guanidine groups is 1. The maximum Gasteiger partial charge on any atom is 0.191 e. The Labute approximate surface area is 149 Å². The van der Waals surface area contributed by atoms with Crippen molar-refractivity contribution in [2.24, 2.45) is 4.99 Å². The number of hydrogen-bond acceptors (Lipinski definition) is 3. The number of likely N-dealkylation sites (tertiary alicyclic amines) is 1. The van der Waals surface area contributed by atoms with E-state index in [4.69, 9.17) is 0 Å². The quantitative estimate of drug-likeness (QED) is 0.420. The number of phenolic OH excluding ortho intramolecular Hbond substituents is 1. The summed E-state index contributed by atoms with van der Waals surface area (Å²) in [6, 6.07) is 4.74. The summed E-state index contributed by atoms with van der Waals surface area (Å²) in [5.41, 5.74) is 1.92. The van der Waals surface area contributed by atoms with Gasteiger partial charge in [0.25, 0.3) is 0 Å². The van der Waals surface area contributed by atoms with E-state index in [9.17, 15) is 9.50 Å². The van der Waals surface area contributed by atoms with Gasteiger partial charge in [-0.2, -0.15) is 0 Å². The minimum absolute atomic E-state index is 0.334. The number of hydrogen-bond donors (Lipinski definition) is 3. The number of nitrogens with one attached hydrogen (secondary N) is 2. The van der Waals surface area contributed by atoms with Crippen LogP contribution >= 0.6 is 0 Å². The normalized spacial score (nSPS) is 16.7. The van der Waals surface area contributed by atoms with Gasteiger partial charge in [0.2, 0.25) is 0 Å². The maximum absolute atomic E-state index is 13.4. The highest BCUT2D eigenvalue weighted by Crippen LogP contribution is 2.16. The van der Waals surface area contributed by atoms with E-state index < -0.39 is 5.82 Å². The summed E-state index contributed by atoms with van der Waals surface area (Å²) in [6.45, 7) is 12.3. The molecule has 0 bridgehead atoms. The van der Waals surface area contributed by atoms with Crippen LogP contribution in [0.1, 0.15) is 32.3 Å². The molecule has 0 saturated carbocycles. The molecule has 0 radical (unpaired) electrons. The molecule has 1 aliphatic rings. The first kappa shape index (κ1) is 19.2. The summed E-state index contributed by atoms with van der Waals surface area (Å²) >= 11 is 0. The predicted molar refractivity (Wildman–Crippen MR) is 100 cm³/mol. The lowest BCUT2D eigenvalue weighted by atomic mass is 10.0. The van der Waals surface area contributed by atoms with Gasteiger partial charge in [-0.3, -0.25) is 4.90 Å². The monoisotopic (exact) mass is 348 g/mol. The standard InChI is InChI=1S/C19H29FN4O/c1-4-21-19(22-12-15-5-6-18(25)17(20)11-15)23-16-7-9-24(10-8-16)13-14(2)3/h5-6,11,16,25H,2,4,7-10,12-13H2,1,3H3,(H2,21,22,23). The summed E-state index contributed by atoms with van der Waals surface area (Å²) in [5, 5.41) is 16.0. The Morgan fingerprint density at radius 2 is 2.12 bits per heavy atom. The summed E-state index contributed by atoms with van der Waals surface area (Å²) in [7, 11) is 0. The first-order valence-corrected chi connectivity index (χ1v) is 8.87. The number of aromatic hydroxyl groups is 1. The van der Waals surface area contributed by atoms with Gasteiger partial charge in [-0.1, -0.05) is 18.2 Å². The number of aliphatic imine (C=N–C) groups is 1. The molecule has 25 heavy (non-hydrogen) atoms. The van der Waals surface area contributed by atoms with Crippen molar-refractivity contribution in [3.8, 4) is 5.75 Å². The van der Waals surface area contributed by atoms with Gasteiger partial charge in [-0.05, 0) is 44.4 Å². The summed E-state index contributed by atoms with van der Waals surface area (Å²) in [5.74, 6) is -0.204. The van der Waals surface area contributed by atoms with Gasteiger partial charge in [-0.25, -0.2) is 9.38 Å². The van der Waals surface area contributed by atoms with E-state index in [1.54, 1.807) is 6.07 Å². The van der Waals surface area contributed by atoms with Gasteiger partial charge in [0.1, 0.15) is 0 Å². The summed E-state index contributed by atoms with van der Waals surface area (Å²) in [6.07, 6.45) is 2.12. The Morgan fingerprint density at radius 3 is 2.72 bits per heavy atom. The number of halogens is 1. The molecule has 1 aromatic rings. The highest BCUT2D eigenvalue weighted by atomic mass is 19.1. The van der Waals surface area contributed by atoms with Crippen LogP contribution in [-0.2, 0) is 6.54 Å². The topological polar surface area (TPSA) is 59.9 Å². The van der Waals surface area contributed by atoms with Crippen LogP contribution in [0, 0.1) is 5.82 Å². The zero-order valence-corrected chi connectivity index (χ0v) is 15.2.